The van der Waals surface area contributed by atoms with E-state index in [1.807, 2.05) is 54.3 Å². The van der Waals surface area contributed by atoms with Gasteiger partial charge in [-0.3, -0.25) is 14.4 Å². The molecule has 35 heavy (non-hydrogen) atoms. The van der Waals surface area contributed by atoms with Gasteiger partial charge in [-0.2, -0.15) is 0 Å². The predicted octanol–water partition coefficient (Wildman–Crippen LogP) is 4.46. The average molecular weight is 471 g/mol. The van der Waals surface area contributed by atoms with Crippen LogP contribution < -0.4 is 16.0 Å². The fourth-order valence-electron chi connectivity index (χ4n) is 4.06. The Labute approximate surface area is 205 Å². The predicted molar refractivity (Wildman–Crippen MR) is 137 cm³/mol. The van der Waals surface area contributed by atoms with Crippen LogP contribution in [0.1, 0.15) is 52.1 Å². The molecule has 3 aromatic carbocycles. The number of carbonyl (C=O) groups is 3. The zero-order valence-corrected chi connectivity index (χ0v) is 19.8. The summed E-state index contributed by atoms with van der Waals surface area (Å²) in [5.74, 6) is -0.377. The van der Waals surface area contributed by atoms with E-state index in [1.54, 1.807) is 36.4 Å². The Kier molecular flexibility index (Phi) is 7.77. The largest absolute Gasteiger partial charge is 0.376 e. The average Bonchev–Trinajstić information content (AvgIpc) is 3.43. The topological polar surface area (TPSA) is 90.5 Å². The lowest BCUT2D eigenvalue weighted by molar-refractivity contribution is -0.114. The molecular weight excluding hydrogens is 440 g/mol. The van der Waals surface area contributed by atoms with Crippen molar-refractivity contribution >= 4 is 29.1 Å². The lowest BCUT2D eigenvalue weighted by Crippen LogP contribution is -2.27. The van der Waals surface area contributed by atoms with E-state index in [4.69, 9.17) is 0 Å². The highest BCUT2D eigenvalue weighted by Crippen LogP contribution is 2.17. The maximum Gasteiger partial charge on any atom is 0.253 e. The van der Waals surface area contributed by atoms with Gasteiger partial charge in [0.05, 0.1) is 12.6 Å². The van der Waals surface area contributed by atoms with E-state index in [2.05, 4.69) is 16.0 Å². The van der Waals surface area contributed by atoms with Crippen molar-refractivity contribution in [3.05, 3.63) is 95.6 Å². The van der Waals surface area contributed by atoms with Crippen LogP contribution in [0.2, 0.25) is 0 Å². The van der Waals surface area contributed by atoms with Crippen molar-refractivity contribution in [3.8, 4) is 0 Å². The molecule has 0 aromatic heterocycles. The summed E-state index contributed by atoms with van der Waals surface area (Å²) in [6.45, 7) is 3.59. The van der Waals surface area contributed by atoms with E-state index < -0.39 is 0 Å². The number of carbonyl (C=O) groups excluding carboxylic acids is 3. The molecule has 1 fully saturated rings. The van der Waals surface area contributed by atoms with E-state index in [1.165, 1.54) is 0 Å². The van der Waals surface area contributed by atoms with Gasteiger partial charge in [0.25, 0.3) is 11.8 Å². The van der Waals surface area contributed by atoms with Gasteiger partial charge >= 0.3 is 0 Å². The Morgan fingerprint density at radius 3 is 2.26 bits per heavy atom. The number of nitrogens with zero attached hydrogens (tertiary/aromatic N) is 1. The standard InChI is InChI=1S/C28H30N4O3/c1-20(21-8-3-2-4-9-21)30-27(34)22-12-14-24(15-13-22)31-26(33)19-29-25-11-7-10-23(18-25)28(35)32-16-5-6-17-32/h2-4,7-15,18,20,29H,5-6,16-17,19H2,1H3,(H,30,34)(H,31,33). The Morgan fingerprint density at radius 1 is 0.829 bits per heavy atom. The van der Waals surface area contributed by atoms with Gasteiger partial charge < -0.3 is 20.9 Å². The zero-order chi connectivity index (χ0) is 24.6. The molecule has 1 aliphatic rings. The SMILES string of the molecule is CC(NC(=O)c1ccc(NC(=O)CNc2cccc(C(=O)N3CCCC3)c2)cc1)c1ccccc1. The molecule has 3 amide bonds. The molecule has 1 heterocycles. The maximum absolute atomic E-state index is 12.6. The fourth-order valence-corrected chi connectivity index (χ4v) is 4.06. The first-order valence-corrected chi connectivity index (χ1v) is 11.9. The zero-order valence-electron chi connectivity index (χ0n) is 19.8. The Bertz CT molecular complexity index is 1170. The van der Waals surface area contributed by atoms with Crippen LogP contribution in [-0.4, -0.2) is 42.3 Å². The van der Waals surface area contributed by atoms with Crippen molar-refractivity contribution in [2.45, 2.75) is 25.8 Å². The van der Waals surface area contributed by atoms with Gasteiger partial charge in [-0.25, -0.2) is 0 Å². The molecule has 3 N–H and O–H groups in total. The molecule has 0 radical (unpaired) electrons. The summed E-state index contributed by atoms with van der Waals surface area (Å²) in [7, 11) is 0. The van der Waals surface area contributed by atoms with Gasteiger partial charge in [-0.15, -0.1) is 0 Å². The summed E-state index contributed by atoms with van der Waals surface area (Å²) in [4.78, 5) is 39.4. The highest BCUT2D eigenvalue weighted by atomic mass is 16.2. The van der Waals surface area contributed by atoms with Crippen LogP contribution in [-0.2, 0) is 4.79 Å². The van der Waals surface area contributed by atoms with Crippen LogP contribution in [0.4, 0.5) is 11.4 Å². The molecule has 7 nitrogen and oxygen atoms in total. The Hall–Kier alpha value is -4.13. The first kappa shape index (κ1) is 24.0. The van der Waals surface area contributed by atoms with E-state index in [0.29, 0.717) is 22.5 Å². The van der Waals surface area contributed by atoms with E-state index in [9.17, 15) is 14.4 Å². The summed E-state index contributed by atoms with van der Waals surface area (Å²) < 4.78 is 0. The number of likely N-dealkylation sites (tertiary alicyclic amines) is 1. The van der Waals surface area contributed by atoms with Crippen LogP contribution in [0.15, 0.2) is 78.9 Å². The Balaban J connectivity index is 1.27. The van der Waals surface area contributed by atoms with E-state index >= 15 is 0 Å². The molecule has 0 bridgehead atoms. The molecule has 0 spiro atoms. The van der Waals surface area contributed by atoms with Crippen molar-refractivity contribution in [1.82, 2.24) is 10.2 Å². The van der Waals surface area contributed by atoms with Crippen LogP contribution >= 0.6 is 0 Å². The maximum atomic E-state index is 12.6. The summed E-state index contributed by atoms with van der Waals surface area (Å²) in [5, 5.41) is 8.87. The minimum absolute atomic E-state index is 0.0258. The number of anilines is 2. The van der Waals surface area contributed by atoms with Gasteiger partial charge in [0.2, 0.25) is 5.91 Å². The van der Waals surface area contributed by atoms with Crippen LogP contribution in [0.3, 0.4) is 0 Å². The number of rotatable bonds is 8. The lowest BCUT2D eigenvalue weighted by atomic mass is 10.1. The highest BCUT2D eigenvalue weighted by molar-refractivity contribution is 5.97. The molecule has 3 aromatic rings. The third-order valence-corrected chi connectivity index (χ3v) is 6.03. The third-order valence-electron chi connectivity index (χ3n) is 6.03. The fraction of sp³-hybridized carbons (Fsp3) is 0.250. The van der Waals surface area contributed by atoms with Crippen LogP contribution in [0.5, 0.6) is 0 Å². The second-order valence-electron chi connectivity index (χ2n) is 8.67. The molecule has 180 valence electrons. The second-order valence-corrected chi connectivity index (χ2v) is 8.67. The monoisotopic (exact) mass is 470 g/mol. The van der Waals surface area contributed by atoms with Gasteiger partial charge in [0, 0.05) is 35.6 Å². The lowest BCUT2D eigenvalue weighted by Gasteiger charge is -2.16. The molecular formula is C28H30N4O3. The van der Waals surface area contributed by atoms with Gasteiger partial charge in [-0.1, -0.05) is 36.4 Å². The second kappa shape index (κ2) is 11.3. The minimum atomic E-state index is -0.226. The van der Waals surface area contributed by atoms with Gasteiger partial charge in [0.1, 0.15) is 0 Å². The van der Waals surface area contributed by atoms with Gasteiger partial charge in [-0.05, 0) is 67.8 Å². The molecule has 4 rings (SSSR count). The third kappa shape index (κ3) is 6.47. The normalized spacial score (nSPS) is 13.7. The summed E-state index contributed by atoms with van der Waals surface area (Å²) in [6.07, 6.45) is 2.09. The Morgan fingerprint density at radius 2 is 1.54 bits per heavy atom. The molecule has 0 aliphatic carbocycles. The van der Waals surface area contributed by atoms with E-state index in [0.717, 1.165) is 31.5 Å². The molecule has 1 saturated heterocycles. The molecule has 1 aliphatic heterocycles. The van der Waals surface area contributed by atoms with Crippen LogP contribution in [0.25, 0.3) is 0 Å². The van der Waals surface area contributed by atoms with Crippen molar-refractivity contribution in [3.63, 3.8) is 0 Å². The number of amides is 3. The molecule has 1 atom stereocenters. The molecule has 0 saturated carbocycles. The van der Waals surface area contributed by atoms with Crippen molar-refractivity contribution in [1.29, 1.82) is 0 Å². The number of nitrogens with one attached hydrogen (secondary N) is 3. The summed E-state index contributed by atoms with van der Waals surface area (Å²) in [5.41, 5.74) is 3.48. The van der Waals surface area contributed by atoms with Crippen molar-refractivity contribution in [2.75, 3.05) is 30.3 Å². The van der Waals surface area contributed by atoms with Crippen LogP contribution in [0, 0.1) is 0 Å². The molecule has 1 unspecified atom stereocenters. The number of hydrogen-bond acceptors (Lipinski definition) is 4. The quantitative estimate of drug-likeness (QED) is 0.453. The smallest absolute Gasteiger partial charge is 0.253 e. The highest BCUT2D eigenvalue weighted by Gasteiger charge is 2.19. The molecule has 7 heteroatoms. The summed E-state index contributed by atoms with van der Waals surface area (Å²) >= 11 is 0. The van der Waals surface area contributed by atoms with Gasteiger partial charge in [0.15, 0.2) is 0 Å². The van der Waals surface area contributed by atoms with Crippen molar-refractivity contribution in [2.24, 2.45) is 0 Å². The first-order chi connectivity index (χ1) is 17.0. The van der Waals surface area contributed by atoms with E-state index in [-0.39, 0.29) is 30.3 Å². The first-order valence-electron chi connectivity index (χ1n) is 11.9. The van der Waals surface area contributed by atoms with Crippen molar-refractivity contribution < 1.29 is 14.4 Å². The number of benzene rings is 3. The minimum Gasteiger partial charge on any atom is -0.376 e. The number of hydrogen-bond donors (Lipinski definition) is 3. The summed E-state index contributed by atoms with van der Waals surface area (Å²) in [6, 6.07) is 23.6.